The van der Waals surface area contributed by atoms with E-state index in [0.717, 1.165) is 21.5 Å². The Balaban J connectivity index is 1.61. The molecule has 0 atom stereocenters. The predicted molar refractivity (Wildman–Crippen MR) is 95.6 cm³/mol. The summed E-state index contributed by atoms with van der Waals surface area (Å²) in [5.74, 6) is 0.475. The number of carbonyl (C=O) groups is 1. The van der Waals surface area contributed by atoms with E-state index in [4.69, 9.17) is 4.42 Å². The fraction of sp³-hybridized carbons (Fsp3) is 0.222. The first kappa shape index (κ1) is 16.1. The van der Waals surface area contributed by atoms with Gasteiger partial charge in [-0.05, 0) is 18.6 Å². The van der Waals surface area contributed by atoms with Crippen LogP contribution in [0, 0.1) is 6.92 Å². The summed E-state index contributed by atoms with van der Waals surface area (Å²) >= 11 is 0. The van der Waals surface area contributed by atoms with Gasteiger partial charge >= 0.3 is 0 Å². The molecule has 0 aliphatic rings. The summed E-state index contributed by atoms with van der Waals surface area (Å²) in [6, 6.07) is 5.54. The number of pyridine rings is 1. The van der Waals surface area contributed by atoms with E-state index in [1.807, 2.05) is 19.1 Å². The molecule has 0 aliphatic heterocycles. The zero-order valence-corrected chi connectivity index (χ0v) is 14.4. The van der Waals surface area contributed by atoms with Crippen LogP contribution in [-0.4, -0.2) is 25.2 Å². The van der Waals surface area contributed by atoms with E-state index in [9.17, 15) is 9.59 Å². The summed E-state index contributed by atoms with van der Waals surface area (Å²) in [4.78, 5) is 28.9. The molecule has 0 radical (unpaired) electrons. The second kappa shape index (κ2) is 6.14. The van der Waals surface area contributed by atoms with Crippen LogP contribution in [0.25, 0.3) is 22.0 Å². The summed E-state index contributed by atoms with van der Waals surface area (Å²) in [7, 11) is 1.80. The van der Waals surface area contributed by atoms with Crippen LogP contribution >= 0.6 is 0 Å². The monoisotopic (exact) mass is 351 g/mol. The van der Waals surface area contributed by atoms with E-state index in [1.165, 1.54) is 0 Å². The summed E-state index contributed by atoms with van der Waals surface area (Å²) in [5, 5.41) is 7.54. The molecular weight excluding hydrogens is 334 g/mol. The SMILES string of the molecule is Cc1cc2c(o1)c1cnn(CC(=O)NCc3cccnc3)c(=O)c1n2C. The number of hydrogen-bond donors (Lipinski definition) is 1. The van der Waals surface area contributed by atoms with Crippen LogP contribution in [0.5, 0.6) is 0 Å². The van der Waals surface area contributed by atoms with Gasteiger partial charge in [0, 0.05) is 32.1 Å². The molecule has 8 nitrogen and oxygen atoms in total. The van der Waals surface area contributed by atoms with Crippen LogP contribution in [0.2, 0.25) is 0 Å². The smallest absolute Gasteiger partial charge is 0.291 e. The number of furan rings is 1. The minimum atomic E-state index is -0.328. The maximum absolute atomic E-state index is 12.8. The number of carbonyl (C=O) groups excluding carboxylic acids is 1. The summed E-state index contributed by atoms with van der Waals surface area (Å²) < 4.78 is 8.60. The van der Waals surface area contributed by atoms with Crippen molar-refractivity contribution in [3.63, 3.8) is 0 Å². The van der Waals surface area contributed by atoms with Gasteiger partial charge in [0.25, 0.3) is 5.56 Å². The highest BCUT2D eigenvalue weighted by atomic mass is 16.3. The van der Waals surface area contributed by atoms with E-state index >= 15 is 0 Å². The van der Waals surface area contributed by atoms with Crippen molar-refractivity contribution in [1.82, 2.24) is 24.6 Å². The van der Waals surface area contributed by atoms with Crippen molar-refractivity contribution in [1.29, 1.82) is 0 Å². The molecule has 0 saturated carbocycles. The van der Waals surface area contributed by atoms with E-state index < -0.39 is 0 Å². The molecule has 132 valence electrons. The number of fused-ring (bicyclic) bond motifs is 3. The lowest BCUT2D eigenvalue weighted by molar-refractivity contribution is -0.122. The highest BCUT2D eigenvalue weighted by Gasteiger charge is 2.18. The third-order valence-corrected chi connectivity index (χ3v) is 4.30. The zero-order chi connectivity index (χ0) is 18.3. The lowest BCUT2D eigenvalue weighted by Gasteiger charge is -2.07. The maximum atomic E-state index is 12.8. The van der Waals surface area contributed by atoms with Crippen molar-refractivity contribution in [2.24, 2.45) is 7.05 Å². The first-order chi connectivity index (χ1) is 12.5. The fourth-order valence-corrected chi connectivity index (χ4v) is 3.04. The minimum absolute atomic E-state index is 0.152. The van der Waals surface area contributed by atoms with Crippen LogP contribution in [0.4, 0.5) is 0 Å². The minimum Gasteiger partial charge on any atom is -0.459 e. The number of amides is 1. The Bertz CT molecular complexity index is 1170. The van der Waals surface area contributed by atoms with Crippen LogP contribution in [0.3, 0.4) is 0 Å². The molecule has 0 bridgehead atoms. The highest BCUT2D eigenvalue weighted by molar-refractivity contribution is 6.04. The Labute approximate surface area is 148 Å². The van der Waals surface area contributed by atoms with Gasteiger partial charge in [0.05, 0.1) is 17.1 Å². The first-order valence-electron chi connectivity index (χ1n) is 8.15. The molecule has 4 aromatic rings. The van der Waals surface area contributed by atoms with Gasteiger partial charge in [-0.3, -0.25) is 14.6 Å². The van der Waals surface area contributed by atoms with Crippen molar-refractivity contribution >= 4 is 27.9 Å². The van der Waals surface area contributed by atoms with Gasteiger partial charge in [0.15, 0.2) is 5.58 Å². The molecule has 0 unspecified atom stereocenters. The molecule has 0 aliphatic carbocycles. The van der Waals surface area contributed by atoms with Crippen molar-refractivity contribution < 1.29 is 9.21 Å². The Morgan fingerprint density at radius 2 is 2.19 bits per heavy atom. The van der Waals surface area contributed by atoms with Gasteiger partial charge in [-0.1, -0.05) is 6.07 Å². The highest BCUT2D eigenvalue weighted by Crippen LogP contribution is 2.27. The standard InChI is InChI=1S/C18H17N5O3/c1-11-6-14-17(26-11)13-9-21-23(18(25)16(13)22(14)2)10-15(24)20-8-12-4-3-5-19-7-12/h3-7,9H,8,10H2,1-2H3,(H,20,24). The van der Waals surface area contributed by atoms with Crippen molar-refractivity contribution in [3.8, 4) is 0 Å². The lowest BCUT2D eigenvalue weighted by atomic mass is 10.3. The molecule has 1 N–H and O–H groups in total. The third-order valence-electron chi connectivity index (χ3n) is 4.30. The fourth-order valence-electron chi connectivity index (χ4n) is 3.04. The first-order valence-corrected chi connectivity index (χ1v) is 8.15. The summed E-state index contributed by atoms with van der Waals surface area (Å²) in [5.41, 5.74) is 2.49. The molecule has 4 heterocycles. The molecule has 0 spiro atoms. The number of hydrogen-bond acceptors (Lipinski definition) is 5. The number of aromatic nitrogens is 4. The Hall–Kier alpha value is -3.42. The third kappa shape index (κ3) is 2.65. The number of nitrogens with one attached hydrogen (secondary N) is 1. The normalized spacial score (nSPS) is 11.3. The van der Waals surface area contributed by atoms with Gasteiger partial charge in [-0.2, -0.15) is 5.10 Å². The summed E-state index contributed by atoms with van der Waals surface area (Å²) in [6.45, 7) is 2.05. The molecule has 0 fully saturated rings. The molecule has 8 heteroatoms. The quantitative estimate of drug-likeness (QED) is 0.601. The van der Waals surface area contributed by atoms with Crippen LogP contribution in [0.15, 0.2) is 46.0 Å². The molecule has 4 rings (SSSR count). The second-order valence-electron chi connectivity index (χ2n) is 6.14. The number of nitrogens with zero attached hydrogens (tertiary/aromatic N) is 4. The summed E-state index contributed by atoms with van der Waals surface area (Å²) in [6.07, 6.45) is 4.91. The van der Waals surface area contributed by atoms with E-state index in [2.05, 4.69) is 15.4 Å². The van der Waals surface area contributed by atoms with Gasteiger partial charge in [-0.25, -0.2) is 4.68 Å². The number of aryl methyl sites for hydroxylation is 2. The van der Waals surface area contributed by atoms with Crippen molar-refractivity contribution in [2.45, 2.75) is 20.0 Å². The second-order valence-corrected chi connectivity index (χ2v) is 6.14. The largest absolute Gasteiger partial charge is 0.459 e. The Morgan fingerprint density at radius 3 is 2.96 bits per heavy atom. The average molecular weight is 351 g/mol. The molecule has 26 heavy (non-hydrogen) atoms. The van der Waals surface area contributed by atoms with E-state index in [-0.39, 0.29) is 18.0 Å². The Kier molecular flexibility index (Phi) is 3.80. The van der Waals surface area contributed by atoms with Crippen LogP contribution in [-0.2, 0) is 24.9 Å². The predicted octanol–water partition coefficient (Wildman–Crippen LogP) is 1.50. The molecule has 1 amide bonds. The van der Waals surface area contributed by atoms with Crippen LogP contribution in [0.1, 0.15) is 11.3 Å². The topological polar surface area (TPSA) is 95.0 Å². The number of rotatable bonds is 4. The molecule has 0 aromatic carbocycles. The van der Waals surface area contributed by atoms with Gasteiger partial charge in [0.1, 0.15) is 17.8 Å². The van der Waals surface area contributed by atoms with E-state index in [1.54, 1.807) is 36.3 Å². The zero-order valence-electron chi connectivity index (χ0n) is 14.4. The van der Waals surface area contributed by atoms with Gasteiger partial charge < -0.3 is 14.3 Å². The van der Waals surface area contributed by atoms with Crippen molar-refractivity contribution in [3.05, 3.63) is 58.5 Å². The van der Waals surface area contributed by atoms with Crippen molar-refractivity contribution in [2.75, 3.05) is 0 Å². The molecule has 4 aromatic heterocycles. The van der Waals surface area contributed by atoms with Gasteiger partial charge in [0.2, 0.25) is 5.91 Å². The molecular formula is C18H17N5O3. The van der Waals surface area contributed by atoms with Gasteiger partial charge in [-0.15, -0.1) is 0 Å². The Morgan fingerprint density at radius 1 is 1.35 bits per heavy atom. The van der Waals surface area contributed by atoms with Crippen LogP contribution < -0.4 is 10.9 Å². The van der Waals surface area contributed by atoms with E-state index in [0.29, 0.717) is 23.0 Å². The molecule has 0 saturated heterocycles. The average Bonchev–Trinajstić information content (AvgIpc) is 3.14. The lowest BCUT2D eigenvalue weighted by Crippen LogP contribution is -2.33. The maximum Gasteiger partial charge on any atom is 0.291 e.